The molecule has 1 aliphatic rings. The molecule has 11 rings (SSSR count). The molecule has 61 heavy (non-hydrogen) atoms. The van der Waals surface area contributed by atoms with Crippen LogP contribution in [0.3, 0.4) is 0 Å². The fraction of sp³-hybridized carbons (Fsp3) is 0. The number of hydrogen-bond donors (Lipinski definition) is 0. The first-order valence-corrected chi connectivity index (χ1v) is 20.5. The molecule has 0 unspecified atom stereocenters. The highest BCUT2D eigenvalue weighted by molar-refractivity contribution is 5.92. The van der Waals surface area contributed by atoms with Crippen molar-refractivity contribution in [3.63, 3.8) is 0 Å². The number of aromatic nitrogens is 3. The van der Waals surface area contributed by atoms with Crippen molar-refractivity contribution < 1.29 is 4.74 Å². The third kappa shape index (κ3) is 7.07. The van der Waals surface area contributed by atoms with Crippen LogP contribution < -0.4 is 4.74 Å². The standard InChI is InChI=1S/C57H37N3O/c1-5-17-38(18-6-1)43-31-44(39-19-7-2-8-20-39)34-47(33-43)56-58-55(42-29-30-54-52(37-42)50-26-14-13-25-49(50)51-27-15-16-28-53(51)61-54)59-57(60-56)48-35-45(40-21-9-3-10-22-40)32-46(36-48)41-23-11-4-12-24-41/h1-37H. The predicted octanol–water partition coefficient (Wildman–Crippen LogP) is 15.0. The Hall–Kier alpha value is -8.21. The Morgan fingerprint density at radius 2 is 0.541 bits per heavy atom. The Labute approximate surface area is 355 Å². The first-order valence-electron chi connectivity index (χ1n) is 20.5. The molecule has 286 valence electrons. The number of ether oxygens (including phenoxy) is 1. The van der Waals surface area contributed by atoms with Crippen LogP contribution in [-0.2, 0) is 0 Å². The zero-order chi connectivity index (χ0) is 40.5. The maximum Gasteiger partial charge on any atom is 0.164 e. The summed E-state index contributed by atoms with van der Waals surface area (Å²) in [7, 11) is 0. The minimum atomic E-state index is 0.569. The van der Waals surface area contributed by atoms with Crippen LogP contribution in [0, 0.1) is 0 Å². The van der Waals surface area contributed by atoms with Gasteiger partial charge in [-0.15, -0.1) is 0 Å². The van der Waals surface area contributed by atoms with E-state index in [4.69, 9.17) is 19.7 Å². The van der Waals surface area contributed by atoms with Gasteiger partial charge in [0, 0.05) is 27.8 Å². The molecule has 9 aromatic carbocycles. The third-order valence-electron chi connectivity index (χ3n) is 11.3. The molecule has 0 atom stereocenters. The lowest BCUT2D eigenvalue weighted by Gasteiger charge is -2.15. The lowest BCUT2D eigenvalue weighted by molar-refractivity contribution is 0.488. The van der Waals surface area contributed by atoms with Crippen LogP contribution in [0.1, 0.15) is 0 Å². The van der Waals surface area contributed by atoms with E-state index in [0.29, 0.717) is 17.5 Å². The van der Waals surface area contributed by atoms with E-state index in [1.54, 1.807) is 0 Å². The van der Waals surface area contributed by atoms with Gasteiger partial charge in [0.1, 0.15) is 11.5 Å². The molecule has 1 aliphatic heterocycles. The summed E-state index contributed by atoms with van der Waals surface area (Å²) in [6.07, 6.45) is 0. The fourth-order valence-electron chi connectivity index (χ4n) is 8.28. The molecule has 0 radical (unpaired) electrons. The zero-order valence-corrected chi connectivity index (χ0v) is 33.1. The van der Waals surface area contributed by atoms with E-state index in [2.05, 4.69) is 182 Å². The lowest BCUT2D eigenvalue weighted by Crippen LogP contribution is -2.01. The molecule has 0 amide bonds. The molecule has 0 bridgehead atoms. The number of nitrogens with zero attached hydrogens (tertiary/aromatic N) is 3. The second kappa shape index (κ2) is 15.5. The van der Waals surface area contributed by atoms with Crippen molar-refractivity contribution in [1.29, 1.82) is 0 Å². The largest absolute Gasteiger partial charge is 0.456 e. The molecule has 2 heterocycles. The summed E-state index contributed by atoms with van der Waals surface area (Å²) in [5.74, 6) is 3.34. The molecule has 1 aromatic heterocycles. The van der Waals surface area contributed by atoms with Gasteiger partial charge in [-0.25, -0.2) is 15.0 Å². The van der Waals surface area contributed by atoms with Gasteiger partial charge in [0.25, 0.3) is 0 Å². The van der Waals surface area contributed by atoms with Gasteiger partial charge in [-0.05, 0) is 116 Å². The number of para-hydroxylation sites is 1. The topological polar surface area (TPSA) is 47.9 Å². The molecule has 0 N–H and O–H groups in total. The average molecular weight is 780 g/mol. The van der Waals surface area contributed by atoms with E-state index >= 15 is 0 Å². The van der Waals surface area contributed by atoms with E-state index < -0.39 is 0 Å². The third-order valence-corrected chi connectivity index (χ3v) is 11.3. The highest BCUT2D eigenvalue weighted by Crippen LogP contribution is 2.47. The van der Waals surface area contributed by atoms with Gasteiger partial charge in [0.2, 0.25) is 0 Å². The summed E-state index contributed by atoms with van der Waals surface area (Å²) in [6, 6.07) is 78.2. The van der Waals surface area contributed by atoms with Gasteiger partial charge in [0.15, 0.2) is 17.5 Å². The van der Waals surface area contributed by atoms with Gasteiger partial charge in [-0.2, -0.15) is 0 Å². The zero-order valence-electron chi connectivity index (χ0n) is 33.1. The van der Waals surface area contributed by atoms with Crippen LogP contribution >= 0.6 is 0 Å². The first-order chi connectivity index (χ1) is 30.2. The molecule has 0 aliphatic carbocycles. The van der Waals surface area contributed by atoms with Crippen molar-refractivity contribution in [2.24, 2.45) is 0 Å². The van der Waals surface area contributed by atoms with Crippen LogP contribution in [0.25, 0.3) is 101 Å². The van der Waals surface area contributed by atoms with Crippen molar-refractivity contribution in [2.75, 3.05) is 0 Å². The molecule has 10 aromatic rings. The smallest absolute Gasteiger partial charge is 0.164 e. The van der Waals surface area contributed by atoms with Crippen LogP contribution in [0.2, 0.25) is 0 Å². The normalized spacial score (nSPS) is 11.4. The van der Waals surface area contributed by atoms with Crippen LogP contribution in [0.5, 0.6) is 11.5 Å². The molecule has 0 saturated heterocycles. The van der Waals surface area contributed by atoms with E-state index in [1.165, 1.54) is 0 Å². The molecule has 0 fully saturated rings. The Morgan fingerprint density at radius 1 is 0.213 bits per heavy atom. The van der Waals surface area contributed by atoms with Crippen molar-refractivity contribution in [2.45, 2.75) is 0 Å². The number of hydrogen-bond acceptors (Lipinski definition) is 4. The van der Waals surface area contributed by atoms with E-state index in [1.807, 2.05) is 42.5 Å². The van der Waals surface area contributed by atoms with Crippen LogP contribution in [0.4, 0.5) is 0 Å². The minimum absolute atomic E-state index is 0.569. The van der Waals surface area contributed by atoms with E-state index in [0.717, 1.165) is 95.0 Å². The van der Waals surface area contributed by atoms with Crippen LogP contribution in [0.15, 0.2) is 224 Å². The summed E-state index contributed by atoms with van der Waals surface area (Å²) < 4.78 is 6.63. The Kier molecular flexibility index (Phi) is 9.14. The fourth-order valence-corrected chi connectivity index (χ4v) is 8.28. The first kappa shape index (κ1) is 35.9. The van der Waals surface area contributed by atoms with Crippen molar-refractivity contribution in [1.82, 2.24) is 15.0 Å². The number of benzene rings is 9. The maximum atomic E-state index is 6.63. The molecule has 4 nitrogen and oxygen atoms in total. The summed E-state index contributed by atoms with van der Waals surface area (Å²) >= 11 is 0. The molecule has 0 spiro atoms. The molecular formula is C57H37N3O. The molecule has 0 saturated carbocycles. The second-order valence-electron chi connectivity index (χ2n) is 15.2. The summed E-state index contributed by atoms with van der Waals surface area (Å²) in [5.41, 5.74) is 15.7. The summed E-state index contributed by atoms with van der Waals surface area (Å²) in [4.78, 5) is 16.0. The van der Waals surface area contributed by atoms with Gasteiger partial charge in [-0.3, -0.25) is 0 Å². The average Bonchev–Trinajstić information content (AvgIpc) is 3.49. The lowest BCUT2D eigenvalue weighted by atomic mass is 9.93. The van der Waals surface area contributed by atoms with E-state index in [9.17, 15) is 0 Å². The van der Waals surface area contributed by atoms with E-state index in [-0.39, 0.29) is 0 Å². The Balaban J connectivity index is 1.15. The number of rotatable bonds is 7. The molecular weight excluding hydrogens is 743 g/mol. The van der Waals surface area contributed by atoms with Crippen molar-refractivity contribution in [3.05, 3.63) is 224 Å². The maximum absolute atomic E-state index is 6.63. The Bertz CT molecular complexity index is 2940. The van der Waals surface area contributed by atoms with Crippen LogP contribution in [-0.4, -0.2) is 15.0 Å². The molecule has 4 heteroatoms. The van der Waals surface area contributed by atoms with Crippen molar-refractivity contribution in [3.8, 4) is 112 Å². The van der Waals surface area contributed by atoms with Crippen molar-refractivity contribution >= 4 is 0 Å². The van der Waals surface area contributed by atoms with Gasteiger partial charge >= 0.3 is 0 Å². The Morgan fingerprint density at radius 3 is 0.984 bits per heavy atom. The second-order valence-corrected chi connectivity index (χ2v) is 15.2. The van der Waals surface area contributed by atoms with Gasteiger partial charge < -0.3 is 4.74 Å². The van der Waals surface area contributed by atoms with Gasteiger partial charge in [-0.1, -0.05) is 164 Å². The predicted molar refractivity (Wildman–Crippen MR) is 249 cm³/mol. The van der Waals surface area contributed by atoms with Gasteiger partial charge in [0.05, 0.1) is 0 Å². The monoisotopic (exact) mass is 779 g/mol. The summed E-state index contributed by atoms with van der Waals surface area (Å²) in [5, 5.41) is 0. The highest BCUT2D eigenvalue weighted by Gasteiger charge is 2.23. The summed E-state index contributed by atoms with van der Waals surface area (Å²) in [6.45, 7) is 0. The SMILES string of the molecule is c1ccc(-c2cc(-c3ccccc3)cc(-c3nc(-c4cc(-c5ccccc5)cc(-c5ccccc5)c4)nc(-c4ccc5c(c4)-c4ccccc4-c4ccccc4O5)n3)c2)cc1. The quantitative estimate of drug-likeness (QED) is 0.162. The minimum Gasteiger partial charge on any atom is -0.456 e. The number of fused-ring (bicyclic) bond motifs is 5. The highest BCUT2D eigenvalue weighted by atomic mass is 16.5.